The number of likely N-dealkylation sites (N-methyl/N-ethyl adjacent to an activating group) is 1. The van der Waals surface area contributed by atoms with Gasteiger partial charge >= 0.3 is 0 Å². The highest BCUT2D eigenvalue weighted by atomic mass is 127. The third-order valence-corrected chi connectivity index (χ3v) is 7.18. The van der Waals surface area contributed by atoms with Crippen LogP contribution in [0.1, 0.15) is 25.7 Å². The normalized spacial score (nSPS) is 34.5. The lowest BCUT2D eigenvalue weighted by molar-refractivity contribution is -0.906. The van der Waals surface area contributed by atoms with Gasteiger partial charge in [0.15, 0.2) is 0 Å². The maximum absolute atomic E-state index is 3.93. The fourth-order valence-electron chi connectivity index (χ4n) is 5.90. The molecular weight excluding hydrogens is 546 g/mol. The lowest BCUT2D eigenvalue weighted by atomic mass is 9.64. The summed E-state index contributed by atoms with van der Waals surface area (Å²) in [5.41, 5.74) is 0. The van der Waals surface area contributed by atoms with Crippen LogP contribution in [0.5, 0.6) is 0 Å². The highest BCUT2D eigenvalue weighted by molar-refractivity contribution is 5.10. The van der Waals surface area contributed by atoms with Gasteiger partial charge in [-0.1, -0.05) is 25.3 Å². The van der Waals surface area contributed by atoms with Crippen LogP contribution in [0, 0.1) is 23.7 Å². The van der Waals surface area contributed by atoms with Crippen molar-refractivity contribution in [2.45, 2.75) is 25.7 Å². The number of hydrogen-bond donors (Lipinski definition) is 0. The summed E-state index contributed by atoms with van der Waals surface area (Å²) in [5.74, 6) is 3.78. The summed E-state index contributed by atoms with van der Waals surface area (Å²) in [6.07, 6.45) is 14.8. The molecule has 150 valence electrons. The summed E-state index contributed by atoms with van der Waals surface area (Å²) < 4.78 is 2.40. The maximum Gasteiger partial charge on any atom is 0.0971 e. The standard InChI is InChI=1S/C22H38N2.2HI/c1-5-13-23(3,14-6-2)15-7-8-16-24(4)17-21-19-9-10-20(12-11-19)22(21)18-24;;/h5-6,9-10,19-22H,1-2,7-8,11-18H2,3-4H3;2*1H/q+2;;/p-2. The molecule has 26 heavy (non-hydrogen) atoms. The number of unbranched alkanes of at least 4 members (excludes halogenated alkanes) is 1. The van der Waals surface area contributed by atoms with Crippen LogP contribution in [0.15, 0.2) is 37.5 Å². The third-order valence-electron chi connectivity index (χ3n) is 7.18. The Kier molecular flexibility index (Phi) is 9.85. The van der Waals surface area contributed by atoms with E-state index in [0.717, 1.165) is 41.2 Å². The number of fused-ring (bicyclic) bond motifs is 1. The second-order valence-corrected chi connectivity index (χ2v) is 9.32. The van der Waals surface area contributed by atoms with Crippen LogP contribution in [-0.2, 0) is 0 Å². The van der Waals surface area contributed by atoms with Crippen molar-refractivity contribution in [2.75, 3.05) is 53.4 Å². The highest BCUT2D eigenvalue weighted by Crippen LogP contribution is 2.49. The summed E-state index contributed by atoms with van der Waals surface area (Å²) in [5, 5.41) is 0. The van der Waals surface area contributed by atoms with Crippen molar-refractivity contribution in [3.63, 3.8) is 0 Å². The van der Waals surface area contributed by atoms with E-state index in [4.69, 9.17) is 0 Å². The minimum absolute atomic E-state index is 0. The fraction of sp³-hybridized carbons (Fsp3) is 0.727. The molecule has 0 spiro atoms. The predicted octanol–water partition coefficient (Wildman–Crippen LogP) is -2.12. The van der Waals surface area contributed by atoms with Crippen molar-refractivity contribution in [1.29, 1.82) is 0 Å². The Labute approximate surface area is 196 Å². The van der Waals surface area contributed by atoms with Gasteiger partial charge in [-0.15, -0.1) is 0 Å². The average molecular weight is 584 g/mol. The fourth-order valence-corrected chi connectivity index (χ4v) is 5.90. The second kappa shape index (κ2) is 10.4. The van der Waals surface area contributed by atoms with Gasteiger partial charge in [-0.05, 0) is 36.8 Å². The van der Waals surface area contributed by atoms with E-state index < -0.39 is 0 Å². The van der Waals surface area contributed by atoms with Gasteiger partial charge in [-0.25, -0.2) is 0 Å². The molecule has 0 aromatic rings. The topological polar surface area (TPSA) is 0 Å². The maximum atomic E-state index is 3.93. The molecule has 4 rings (SSSR count). The van der Waals surface area contributed by atoms with Crippen molar-refractivity contribution in [3.8, 4) is 0 Å². The van der Waals surface area contributed by atoms with Crippen LogP contribution in [0.3, 0.4) is 0 Å². The Balaban J connectivity index is 0.00000169. The van der Waals surface area contributed by atoms with Crippen molar-refractivity contribution < 1.29 is 56.9 Å². The number of allylic oxidation sites excluding steroid dienone is 2. The van der Waals surface area contributed by atoms with Gasteiger partial charge in [0.1, 0.15) is 0 Å². The highest BCUT2D eigenvalue weighted by Gasteiger charge is 2.51. The molecule has 0 aromatic carbocycles. The first-order valence-electron chi connectivity index (χ1n) is 10.1. The molecule has 1 aliphatic heterocycles. The molecule has 4 atom stereocenters. The molecule has 0 N–H and O–H groups in total. The molecule has 4 aliphatic rings. The predicted molar refractivity (Wildman–Crippen MR) is 104 cm³/mol. The Morgan fingerprint density at radius 1 is 0.962 bits per heavy atom. The molecule has 2 nitrogen and oxygen atoms in total. The van der Waals surface area contributed by atoms with E-state index in [1.807, 2.05) is 0 Å². The minimum Gasteiger partial charge on any atom is -1.00 e. The largest absolute Gasteiger partial charge is 1.00 e. The average Bonchev–Trinajstić information content (AvgIpc) is 2.93. The summed E-state index contributed by atoms with van der Waals surface area (Å²) >= 11 is 0. The Bertz CT molecular complexity index is 470. The quantitative estimate of drug-likeness (QED) is 0.126. The Morgan fingerprint density at radius 2 is 1.46 bits per heavy atom. The van der Waals surface area contributed by atoms with Gasteiger partial charge in [0.25, 0.3) is 0 Å². The molecule has 4 unspecified atom stereocenters. The molecule has 2 bridgehead atoms. The van der Waals surface area contributed by atoms with Gasteiger partial charge in [0, 0.05) is 24.7 Å². The first-order valence-corrected chi connectivity index (χ1v) is 10.1. The van der Waals surface area contributed by atoms with Crippen molar-refractivity contribution in [1.82, 2.24) is 0 Å². The van der Waals surface area contributed by atoms with Gasteiger partial charge in [0.05, 0.1) is 53.4 Å². The number of rotatable bonds is 9. The van der Waals surface area contributed by atoms with E-state index in [9.17, 15) is 0 Å². The van der Waals surface area contributed by atoms with E-state index in [2.05, 4.69) is 51.6 Å². The van der Waals surface area contributed by atoms with E-state index in [-0.39, 0.29) is 48.0 Å². The molecule has 0 aromatic heterocycles. The van der Waals surface area contributed by atoms with Gasteiger partial charge in [-0.3, -0.25) is 0 Å². The number of quaternary nitrogens is 2. The van der Waals surface area contributed by atoms with Crippen LogP contribution in [0.4, 0.5) is 0 Å². The SMILES string of the molecule is C=CC[N+](C)(CC=C)CCCC[N+]1(C)CC2C3C=CC(CC3)C2C1.[I-].[I-]. The second-order valence-electron chi connectivity index (χ2n) is 9.32. The smallest absolute Gasteiger partial charge is 0.0971 e. The summed E-state index contributed by atoms with van der Waals surface area (Å²) in [6, 6.07) is 0. The zero-order chi connectivity index (χ0) is 17.2. The first-order chi connectivity index (χ1) is 11.5. The monoisotopic (exact) mass is 584 g/mol. The van der Waals surface area contributed by atoms with Crippen molar-refractivity contribution in [3.05, 3.63) is 37.5 Å². The van der Waals surface area contributed by atoms with Gasteiger partial charge in [-0.2, -0.15) is 0 Å². The molecule has 0 amide bonds. The lowest BCUT2D eigenvalue weighted by Gasteiger charge is -2.38. The van der Waals surface area contributed by atoms with E-state index in [1.54, 1.807) is 0 Å². The first kappa shape index (κ1) is 24.6. The van der Waals surface area contributed by atoms with E-state index in [0.29, 0.717) is 0 Å². The summed E-state index contributed by atoms with van der Waals surface area (Å²) in [6.45, 7) is 15.5. The van der Waals surface area contributed by atoms with Crippen LogP contribution >= 0.6 is 0 Å². The number of halogens is 2. The molecule has 1 saturated heterocycles. The summed E-state index contributed by atoms with van der Waals surface area (Å²) in [7, 11) is 4.87. The van der Waals surface area contributed by atoms with Crippen molar-refractivity contribution in [2.24, 2.45) is 23.7 Å². The Morgan fingerprint density at radius 3 is 1.88 bits per heavy atom. The number of hydrogen-bond acceptors (Lipinski definition) is 0. The minimum atomic E-state index is 0. The molecule has 1 heterocycles. The molecule has 0 radical (unpaired) electrons. The lowest BCUT2D eigenvalue weighted by Crippen LogP contribution is -3.00. The zero-order valence-corrected chi connectivity index (χ0v) is 21.1. The van der Waals surface area contributed by atoms with E-state index in [1.165, 1.54) is 56.3 Å². The van der Waals surface area contributed by atoms with Gasteiger partial charge in [0.2, 0.25) is 0 Å². The van der Waals surface area contributed by atoms with Crippen LogP contribution in [0.25, 0.3) is 0 Å². The molecule has 4 heteroatoms. The van der Waals surface area contributed by atoms with Crippen molar-refractivity contribution >= 4 is 0 Å². The zero-order valence-electron chi connectivity index (χ0n) is 16.8. The van der Waals surface area contributed by atoms with Crippen LogP contribution in [0.2, 0.25) is 0 Å². The summed E-state index contributed by atoms with van der Waals surface area (Å²) in [4.78, 5) is 0. The van der Waals surface area contributed by atoms with Crippen LogP contribution in [-0.4, -0.2) is 62.3 Å². The van der Waals surface area contributed by atoms with E-state index >= 15 is 0 Å². The molecule has 3 aliphatic carbocycles. The third kappa shape index (κ3) is 5.57. The van der Waals surface area contributed by atoms with Crippen LogP contribution < -0.4 is 48.0 Å². The number of likely N-dealkylation sites (tertiary alicyclic amines) is 1. The van der Waals surface area contributed by atoms with Gasteiger partial charge < -0.3 is 56.9 Å². The molecule has 1 saturated carbocycles. The molecule has 2 fully saturated rings. The Hall–Kier alpha value is 0.600. The molecular formula is C22H38I2N2. The number of nitrogens with zero attached hydrogens (tertiary/aromatic N) is 2.